The highest BCUT2D eigenvalue weighted by Crippen LogP contribution is 2.29. The fourth-order valence-corrected chi connectivity index (χ4v) is 2.85. The summed E-state index contributed by atoms with van der Waals surface area (Å²) < 4.78 is 37.6. The molecular formula is C21H17F3N2O3. The number of carbonyl (C=O) groups excluding carboxylic acids is 2. The van der Waals surface area contributed by atoms with Gasteiger partial charge in [0.25, 0.3) is 0 Å². The van der Waals surface area contributed by atoms with Crippen LogP contribution in [0, 0.1) is 0 Å². The smallest absolute Gasteiger partial charge is 0.387 e. The standard InChI is InChI=1S/C21H17F3N2O3/c22-21(23,24)14-8-10-15(11-9-14)26-20(29)19(28)25-12-18(27)17-7-3-5-13-4-1-2-6-16(13)17/h1-11,18,27H,12H2,(H,25,28)(H,26,29)/t18-/m1/s1. The topological polar surface area (TPSA) is 78.4 Å². The van der Waals surface area contributed by atoms with Crippen molar-refractivity contribution in [1.29, 1.82) is 0 Å². The highest BCUT2D eigenvalue weighted by molar-refractivity contribution is 6.39. The maximum atomic E-state index is 12.5. The quantitative estimate of drug-likeness (QED) is 0.583. The molecular weight excluding hydrogens is 385 g/mol. The van der Waals surface area contributed by atoms with E-state index in [1.165, 1.54) is 0 Å². The third-order valence-electron chi connectivity index (χ3n) is 4.31. The van der Waals surface area contributed by atoms with E-state index in [0.29, 0.717) is 5.56 Å². The minimum atomic E-state index is -4.49. The van der Waals surface area contributed by atoms with Crippen LogP contribution in [0.15, 0.2) is 66.7 Å². The lowest BCUT2D eigenvalue weighted by atomic mass is 10.0. The SMILES string of the molecule is O=C(NC[C@@H](O)c1cccc2ccccc12)C(=O)Nc1ccc(C(F)(F)F)cc1. The second kappa shape index (κ2) is 8.32. The van der Waals surface area contributed by atoms with Crippen LogP contribution in [0.3, 0.4) is 0 Å². The van der Waals surface area contributed by atoms with Gasteiger partial charge in [0.2, 0.25) is 0 Å². The lowest BCUT2D eigenvalue weighted by Gasteiger charge is -2.15. The molecule has 0 saturated carbocycles. The predicted octanol–water partition coefficient (Wildman–Crippen LogP) is 3.65. The Hall–Kier alpha value is -3.39. The molecule has 0 unspecified atom stereocenters. The Kier molecular flexibility index (Phi) is 5.84. The van der Waals surface area contributed by atoms with Gasteiger partial charge in [0.05, 0.1) is 11.7 Å². The third kappa shape index (κ3) is 4.91. The molecule has 8 heteroatoms. The van der Waals surface area contributed by atoms with Gasteiger partial charge in [0.15, 0.2) is 0 Å². The molecule has 0 bridgehead atoms. The van der Waals surface area contributed by atoms with Crippen LogP contribution in [0.5, 0.6) is 0 Å². The van der Waals surface area contributed by atoms with Crippen molar-refractivity contribution in [3.63, 3.8) is 0 Å². The second-order valence-electron chi connectivity index (χ2n) is 6.32. The Morgan fingerprint density at radius 2 is 1.55 bits per heavy atom. The summed E-state index contributed by atoms with van der Waals surface area (Å²) in [4.78, 5) is 23.9. The highest BCUT2D eigenvalue weighted by Gasteiger charge is 2.30. The average molecular weight is 402 g/mol. The van der Waals surface area contributed by atoms with E-state index in [4.69, 9.17) is 0 Å². The number of fused-ring (bicyclic) bond motifs is 1. The Balaban J connectivity index is 1.59. The van der Waals surface area contributed by atoms with E-state index in [2.05, 4.69) is 10.6 Å². The van der Waals surface area contributed by atoms with Crippen molar-refractivity contribution in [3.8, 4) is 0 Å². The Bertz CT molecular complexity index is 1030. The molecule has 5 nitrogen and oxygen atoms in total. The van der Waals surface area contributed by atoms with E-state index in [1.54, 1.807) is 12.1 Å². The highest BCUT2D eigenvalue weighted by atomic mass is 19.4. The molecule has 3 aromatic carbocycles. The van der Waals surface area contributed by atoms with Crippen LogP contribution in [0.2, 0.25) is 0 Å². The van der Waals surface area contributed by atoms with Gasteiger partial charge in [-0.2, -0.15) is 13.2 Å². The predicted molar refractivity (Wildman–Crippen MR) is 102 cm³/mol. The number of alkyl halides is 3. The summed E-state index contributed by atoms with van der Waals surface area (Å²) in [6, 6.07) is 16.5. The van der Waals surface area contributed by atoms with Gasteiger partial charge in [-0.25, -0.2) is 0 Å². The van der Waals surface area contributed by atoms with Crippen molar-refractivity contribution in [2.45, 2.75) is 12.3 Å². The number of carbonyl (C=O) groups is 2. The van der Waals surface area contributed by atoms with Crippen molar-refractivity contribution >= 4 is 28.3 Å². The van der Waals surface area contributed by atoms with Crippen molar-refractivity contribution in [2.75, 3.05) is 11.9 Å². The van der Waals surface area contributed by atoms with Crippen LogP contribution in [0.4, 0.5) is 18.9 Å². The minimum absolute atomic E-state index is 0.0488. The van der Waals surface area contributed by atoms with Gasteiger partial charge in [-0.15, -0.1) is 0 Å². The Labute approximate surface area is 164 Å². The molecule has 0 fully saturated rings. The zero-order valence-corrected chi connectivity index (χ0v) is 15.0. The number of amides is 2. The number of aliphatic hydroxyl groups is 1. The Morgan fingerprint density at radius 1 is 0.897 bits per heavy atom. The number of aliphatic hydroxyl groups excluding tert-OH is 1. The van der Waals surface area contributed by atoms with Crippen molar-refractivity contribution < 1.29 is 27.9 Å². The molecule has 0 radical (unpaired) electrons. The van der Waals surface area contributed by atoms with E-state index in [-0.39, 0.29) is 12.2 Å². The second-order valence-corrected chi connectivity index (χ2v) is 6.32. The molecule has 29 heavy (non-hydrogen) atoms. The molecule has 0 aliphatic rings. The molecule has 150 valence electrons. The molecule has 3 rings (SSSR count). The molecule has 0 saturated heterocycles. The number of benzene rings is 3. The maximum Gasteiger partial charge on any atom is 0.416 e. The average Bonchev–Trinajstić information content (AvgIpc) is 2.71. The molecule has 2 amide bonds. The number of rotatable bonds is 4. The lowest BCUT2D eigenvalue weighted by molar-refractivity contribution is -0.137. The zero-order valence-electron chi connectivity index (χ0n) is 15.0. The molecule has 3 aromatic rings. The first-order chi connectivity index (χ1) is 13.8. The maximum absolute atomic E-state index is 12.5. The van der Waals surface area contributed by atoms with Crippen molar-refractivity contribution in [3.05, 3.63) is 77.9 Å². The molecule has 0 heterocycles. The van der Waals surface area contributed by atoms with E-state index in [1.807, 2.05) is 30.3 Å². The van der Waals surface area contributed by atoms with Gasteiger partial charge in [-0.3, -0.25) is 9.59 Å². The first-order valence-corrected chi connectivity index (χ1v) is 8.68. The summed E-state index contributed by atoms with van der Waals surface area (Å²) in [7, 11) is 0. The van der Waals surface area contributed by atoms with Gasteiger partial charge in [-0.1, -0.05) is 42.5 Å². The van der Waals surface area contributed by atoms with Crippen LogP contribution in [0.25, 0.3) is 10.8 Å². The number of anilines is 1. The summed E-state index contributed by atoms with van der Waals surface area (Å²) >= 11 is 0. The van der Waals surface area contributed by atoms with E-state index >= 15 is 0 Å². The summed E-state index contributed by atoms with van der Waals surface area (Å²) in [5, 5.41) is 16.7. The van der Waals surface area contributed by atoms with Gasteiger partial charge in [0, 0.05) is 12.2 Å². The van der Waals surface area contributed by atoms with Gasteiger partial charge in [-0.05, 0) is 40.6 Å². The first-order valence-electron chi connectivity index (χ1n) is 8.68. The summed E-state index contributed by atoms with van der Waals surface area (Å²) in [6.45, 7) is -0.201. The largest absolute Gasteiger partial charge is 0.416 e. The van der Waals surface area contributed by atoms with E-state index < -0.39 is 29.7 Å². The number of hydrogen-bond acceptors (Lipinski definition) is 3. The lowest BCUT2D eigenvalue weighted by Crippen LogP contribution is -2.37. The molecule has 0 aliphatic carbocycles. The fraction of sp³-hybridized carbons (Fsp3) is 0.143. The number of halogens is 3. The van der Waals surface area contributed by atoms with Crippen molar-refractivity contribution in [2.24, 2.45) is 0 Å². The van der Waals surface area contributed by atoms with Crippen LogP contribution in [0.1, 0.15) is 17.2 Å². The molecule has 0 aliphatic heterocycles. The normalized spacial score (nSPS) is 12.4. The fourth-order valence-electron chi connectivity index (χ4n) is 2.85. The summed E-state index contributed by atoms with van der Waals surface area (Å²) in [5.41, 5.74) is -0.211. The Morgan fingerprint density at radius 3 is 2.24 bits per heavy atom. The summed E-state index contributed by atoms with van der Waals surface area (Å²) in [5.74, 6) is -2.06. The molecule has 0 aromatic heterocycles. The van der Waals surface area contributed by atoms with E-state index in [0.717, 1.165) is 35.0 Å². The minimum Gasteiger partial charge on any atom is -0.387 e. The third-order valence-corrected chi connectivity index (χ3v) is 4.31. The van der Waals surface area contributed by atoms with Crippen LogP contribution < -0.4 is 10.6 Å². The van der Waals surface area contributed by atoms with Gasteiger partial charge < -0.3 is 15.7 Å². The molecule has 3 N–H and O–H groups in total. The van der Waals surface area contributed by atoms with Crippen LogP contribution in [-0.2, 0) is 15.8 Å². The van der Waals surface area contributed by atoms with E-state index in [9.17, 15) is 27.9 Å². The number of nitrogens with one attached hydrogen (secondary N) is 2. The van der Waals surface area contributed by atoms with Gasteiger partial charge in [0.1, 0.15) is 0 Å². The number of hydrogen-bond donors (Lipinski definition) is 3. The van der Waals surface area contributed by atoms with Crippen LogP contribution in [-0.4, -0.2) is 23.5 Å². The van der Waals surface area contributed by atoms with Crippen LogP contribution >= 0.6 is 0 Å². The molecule has 0 spiro atoms. The van der Waals surface area contributed by atoms with Crippen molar-refractivity contribution in [1.82, 2.24) is 5.32 Å². The summed E-state index contributed by atoms with van der Waals surface area (Å²) in [6.07, 6.45) is -5.53. The molecule has 1 atom stereocenters. The monoisotopic (exact) mass is 402 g/mol. The first kappa shape index (κ1) is 20.3. The van der Waals surface area contributed by atoms with Gasteiger partial charge >= 0.3 is 18.0 Å². The zero-order chi connectivity index (χ0) is 21.0.